The molecule has 0 aromatic heterocycles. The minimum atomic E-state index is -0.464. The number of carbonyl (C=O) groups is 1. The maximum Gasteiger partial charge on any atom is 0.225 e. The fourth-order valence-electron chi connectivity index (χ4n) is 3.12. The lowest BCUT2D eigenvalue weighted by atomic mass is 9.92. The summed E-state index contributed by atoms with van der Waals surface area (Å²) in [5.74, 6) is 0.166. The van der Waals surface area contributed by atoms with Gasteiger partial charge in [0, 0.05) is 11.6 Å². The van der Waals surface area contributed by atoms with Crippen molar-refractivity contribution >= 4 is 17.5 Å². The molecule has 22 heavy (non-hydrogen) atoms. The summed E-state index contributed by atoms with van der Waals surface area (Å²) in [6.45, 7) is 9.21. The van der Waals surface area contributed by atoms with Crippen molar-refractivity contribution in [3.63, 3.8) is 0 Å². The van der Waals surface area contributed by atoms with Crippen LogP contribution in [0.2, 0.25) is 5.02 Å². The number of carbonyl (C=O) groups excluding carboxylic acids is 1. The van der Waals surface area contributed by atoms with E-state index in [9.17, 15) is 4.79 Å². The maximum absolute atomic E-state index is 12.7. The van der Waals surface area contributed by atoms with Crippen LogP contribution in [0.1, 0.15) is 45.6 Å². The Bertz CT molecular complexity index is 510. The molecule has 1 amide bonds. The Morgan fingerprint density at radius 1 is 1.32 bits per heavy atom. The quantitative estimate of drug-likeness (QED) is 0.863. The highest BCUT2D eigenvalue weighted by Gasteiger charge is 2.29. The molecule has 1 unspecified atom stereocenters. The van der Waals surface area contributed by atoms with Crippen molar-refractivity contribution in [2.45, 2.75) is 45.6 Å². The molecular weight excluding hydrogens is 296 g/mol. The summed E-state index contributed by atoms with van der Waals surface area (Å²) in [5.41, 5.74) is 0.495. The number of amides is 1. The van der Waals surface area contributed by atoms with Crippen LogP contribution in [0.25, 0.3) is 0 Å². The van der Waals surface area contributed by atoms with Crippen LogP contribution in [0.3, 0.4) is 0 Å². The molecule has 3 nitrogen and oxygen atoms in total. The Balaban J connectivity index is 2.03. The van der Waals surface area contributed by atoms with Gasteiger partial charge in [-0.2, -0.15) is 0 Å². The van der Waals surface area contributed by atoms with Gasteiger partial charge in [-0.15, -0.1) is 0 Å². The van der Waals surface area contributed by atoms with Crippen LogP contribution in [0, 0.1) is 5.92 Å². The number of nitrogens with zero attached hydrogens (tertiary/aromatic N) is 1. The highest BCUT2D eigenvalue weighted by atomic mass is 35.5. The zero-order valence-electron chi connectivity index (χ0n) is 13.9. The van der Waals surface area contributed by atoms with Crippen LogP contribution in [0.5, 0.6) is 0 Å². The number of likely N-dealkylation sites (tertiary alicyclic amines) is 1. The molecule has 1 aliphatic rings. The number of rotatable bonds is 6. The minimum absolute atomic E-state index is 0.0415. The van der Waals surface area contributed by atoms with Crippen molar-refractivity contribution in [1.82, 2.24) is 10.2 Å². The van der Waals surface area contributed by atoms with Gasteiger partial charge in [0.1, 0.15) is 0 Å². The van der Waals surface area contributed by atoms with E-state index in [2.05, 4.69) is 17.1 Å². The number of nitrogens with one attached hydrogen (secondary N) is 1. The molecule has 0 radical (unpaired) electrons. The third kappa shape index (κ3) is 4.23. The lowest BCUT2D eigenvalue weighted by Gasteiger charge is -2.31. The topological polar surface area (TPSA) is 32.3 Å². The second-order valence-corrected chi connectivity index (χ2v) is 7.11. The molecule has 1 N–H and O–H groups in total. The lowest BCUT2D eigenvalue weighted by Crippen LogP contribution is -2.46. The van der Waals surface area contributed by atoms with Gasteiger partial charge in [-0.25, -0.2) is 0 Å². The van der Waals surface area contributed by atoms with Gasteiger partial charge in [0.05, 0.1) is 11.5 Å². The average molecular weight is 323 g/mol. The molecule has 1 aromatic rings. The van der Waals surface area contributed by atoms with Crippen LogP contribution in [0.15, 0.2) is 24.3 Å². The Morgan fingerprint density at radius 2 is 1.95 bits per heavy atom. The van der Waals surface area contributed by atoms with Crippen LogP contribution >= 0.6 is 11.6 Å². The second kappa shape index (κ2) is 7.47. The van der Waals surface area contributed by atoms with Gasteiger partial charge in [0.25, 0.3) is 0 Å². The van der Waals surface area contributed by atoms with Crippen molar-refractivity contribution in [2.75, 3.05) is 19.6 Å². The molecule has 2 rings (SSSR count). The second-order valence-electron chi connectivity index (χ2n) is 6.71. The first-order valence-corrected chi connectivity index (χ1v) is 8.61. The van der Waals surface area contributed by atoms with E-state index in [4.69, 9.17) is 11.6 Å². The van der Waals surface area contributed by atoms with Crippen molar-refractivity contribution in [1.29, 1.82) is 0 Å². The van der Waals surface area contributed by atoms with Crippen LogP contribution < -0.4 is 5.32 Å². The van der Waals surface area contributed by atoms with E-state index in [0.717, 1.165) is 31.6 Å². The normalized spacial score (nSPS) is 17.5. The van der Waals surface area contributed by atoms with Gasteiger partial charge in [-0.3, -0.25) is 4.79 Å². The Kier molecular flexibility index (Phi) is 5.87. The number of hydrogen-bond acceptors (Lipinski definition) is 2. The Hall–Kier alpha value is -1.06. The van der Waals surface area contributed by atoms with E-state index in [0.29, 0.717) is 5.02 Å². The lowest BCUT2D eigenvalue weighted by molar-refractivity contribution is -0.127. The fourth-order valence-corrected chi connectivity index (χ4v) is 3.49. The SMILES string of the molecule is CCC(CN1CCCC1)C(=O)NC(C)(C)c1ccccc1Cl. The van der Waals surface area contributed by atoms with Gasteiger partial charge in [0.2, 0.25) is 5.91 Å². The molecule has 4 heteroatoms. The predicted octanol–water partition coefficient (Wildman–Crippen LogP) is 3.81. The highest BCUT2D eigenvalue weighted by Crippen LogP contribution is 2.28. The van der Waals surface area contributed by atoms with Crippen molar-refractivity contribution in [2.24, 2.45) is 5.92 Å². The third-order valence-corrected chi connectivity index (χ3v) is 4.85. The average Bonchev–Trinajstić information content (AvgIpc) is 2.97. The summed E-state index contributed by atoms with van der Waals surface area (Å²) in [7, 11) is 0. The maximum atomic E-state index is 12.7. The number of halogens is 1. The predicted molar refractivity (Wildman–Crippen MR) is 92.1 cm³/mol. The molecule has 122 valence electrons. The van der Waals surface area contributed by atoms with Gasteiger partial charge in [-0.1, -0.05) is 36.7 Å². The summed E-state index contributed by atoms with van der Waals surface area (Å²) in [4.78, 5) is 15.1. The standard InChI is InChI=1S/C18H27ClN2O/c1-4-14(13-21-11-7-8-12-21)17(22)20-18(2,3)15-9-5-6-10-16(15)19/h5-6,9-10,14H,4,7-8,11-13H2,1-3H3,(H,20,22). The van der Waals surface area contributed by atoms with E-state index in [-0.39, 0.29) is 11.8 Å². The molecule has 0 bridgehead atoms. The Morgan fingerprint density at radius 3 is 2.55 bits per heavy atom. The summed E-state index contributed by atoms with van der Waals surface area (Å²) < 4.78 is 0. The monoisotopic (exact) mass is 322 g/mol. The number of benzene rings is 1. The minimum Gasteiger partial charge on any atom is -0.347 e. The summed E-state index contributed by atoms with van der Waals surface area (Å²) >= 11 is 6.28. The van der Waals surface area contributed by atoms with E-state index in [1.165, 1.54) is 12.8 Å². The van der Waals surface area contributed by atoms with Gasteiger partial charge in [0.15, 0.2) is 0 Å². The van der Waals surface area contributed by atoms with Crippen molar-refractivity contribution in [3.8, 4) is 0 Å². The smallest absolute Gasteiger partial charge is 0.225 e. The highest BCUT2D eigenvalue weighted by molar-refractivity contribution is 6.31. The van der Waals surface area contributed by atoms with Crippen LogP contribution in [-0.2, 0) is 10.3 Å². The first-order valence-electron chi connectivity index (χ1n) is 8.23. The first kappa shape index (κ1) is 17.3. The van der Waals surface area contributed by atoms with Crippen LogP contribution in [0.4, 0.5) is 0 Å². The molecule has 1 saturated heterocycles. The zero-order valence-corrected chi connectivity index (χ0v) is 14.6. The third-order valence-electron chi connectivity index (χ3n) is 4.52. The van der Waals surface area contributed by atoms with Gasteiger partial charge in [-0.05, 0) is 57.8 Å². The number of hydrogen-bond donors (Lipinski definition) is 1. The molecule has 1 heterocycles. The van der Waals surface area contributed by atoms with Gasteiger partial charge < -0.3 is 10.2 Å². The van der Waals surface area contributed by atoms with E-state index in [1.807, 2.05) is 38.1 Å². The Labute approximate surface area is 139 Å². The molecular formula is C18H27ClN2O. The summed E-state index contributed by atoms with van der Waals surface area (Å²) in [5, 5.41) is 3.88. The van der Waals surface area contributed by atoms with Crippen molar-refractivity contribution in [3.05, 3.63) is 34.9 Å². The van der Waals surface area contributed by atoms with E-state index >= 15 is 0 Å². The van der Waals surface area contributed by atoms with Crippen molar-refractivity contribution < 1.29 is 4.79 Å². The first-order chi connectivity index (χ1) is 10.4. The molecule has 1 atom stereocenters. The van der Waals surface area contributed by atoms with E-state index in [1.54, 1.807) is 0 Å². The van der Waals surface area contributed by atoms with Gasteiger partial charge >= 0.3 is 0 Å². The largest absolute Gasteiger partial charge is 0.347 e. The molecule has 0 spiro atoms. The molecule has 1 fully saturated rings. The molecule has 0 saturated carbocycles. The summed E-state index contributed by atoms with van der Waals surface area (Å²) in [6, 6.07) is 7.71. The zero-order chi connectivity index (χ0) is 16.2. The molecule has 1 aliphatic heterocycles. The fraction of sp³-hybridized carbons (Fsp3) is 0.611. The van der Waals surface area contributed by atoms with Crippen LogP contribution in [-0.4, -0.2) is 30.4 Å². The molecule has 0 aliphatic carbocycles. The molecule has 1 aromatic carbocycles. The summed E-state index contributed by atoms with van der Waals surface area (Å²) in [6.07, 6.45) is 3.37. The van der Waals surface area contributed by atoms with E-state index < -0.39 is 5.54 Å².